The Kier molecular flexibility index (Phi) is 5.32. The van der Waals surface area contributed by atoms with E-state index in [2.05, 4.69) is 168 Å². The van der Waals surface area contributed by atoms with Crippen LogP contribution in [0.2, 0.25) is 0 Å². The number of hydrogen-bond acceptors (Lipinski definition) is 1. The van der Waals surface area contributed by atoms with Gasteiger partial charge in [0.15, 0.2) is 0 Å². The summed E-state index contributed by atoms with van der Waals surface area (Å²) in [5.41, 5.74) is 8.75. The second-order valence-electron chi connectivity index (χ2n) is 12.9. The van der Waals surface area contributed by atoms with Gasteiger partial charge in [-0.25, -0.2) is 0 Å². The first-order valence-electron chi connectivity index (χ1n) is 16.5. The highest BCUT2D eigenvalue weighted by Gasteiger charge is 2.18. The van der Waals surface area contributed by atoms with Crippen LogP contribution in [-0.2, 0) is 0 Å². The third-order valence-corrected chi connectivity index (χ3v) is 11.5. The molecule has 0 atom stereocenters. The van der Waals surface area contributed by atoms with Crippen molar-refractivity contribution in [2.45, 2.75) is 0 Å². The number of para-hydroxylation sites is 2. The molecule has 11 aromatic rings. The fraction of sp³-hybridized carbons (Fsp3) is 0. The van der Waals surface area contributed by atoms with E-state index in [-0.39, 0.29) is 0 Å². The molecule has 9 aromatic carbocycles. The molecule has 0 aliphatic carbocycles. The predicted molar refractivity (Wildman–Crippen MR) is 208 cm³/mol. The molecule has 0 fully saturated rings. The van der Waals surface area contributed by atoms with Gasteiger partial charge in [0.2, 0.25) is 0 Å². The van der Waals surface area contributed by atoms with Crippen LogP contribution in [-0.4, -0.2) is 4.57 Å². The van der Waals surface area contributed by atoms with Crippen LogP contribution in [0.1, 0.15) is 0 Å². The van der Waals surface area contributed by atoms with Gasteiger partial charge in [-0.2, -0.15) is 0 Å². The lowest BCUT2D eigenvalue weighted by atomic mass is 9.87. The second-order valence-corrected chi connectivity index (χ2v) is 14.0. The van der Waals surface area contributed by atoms with Crippen molar-refractivity contribution in [2.24, 2.45) is 0 Å². The molecular formula is C46H27NS. The summed E-state index contributed by atoms with van der Waals surface area (Å²) in [5, 5.41) is 13.1. The molecule has 1 nitrogen and oxygen atoms in total. The van der Waals surface area contributed by atoms with Crippen molar-refractivity contribution in [3.8, 4) is 27.9 Å². The molecule has 0 unspecified atom stereocenters. The Morgan fingerprint density at radius 1 is 0.354 bits per heavy atom. The van der Waals surface area contributed by atoms with Crippen LogP contribution in [0.3, 0.4) is 0 Å². The zero-order chi connectivity index (χ0) is 31.3. The Morgan fingerprint density at radius 3 is 1.73 bits per heavy atom. The van der Waals surface area contributed by atoms with Crippen molar-refractivity contribution in [3.05, 3.63) is 164 Å². The normalized spacial score (nSPS) is 12.2. The zero-order valence-corrected chi connectivity index (χ0v) is 26.8. The van der Waals surface area contributed by atoms with Crippen molar-refractivity contribution in [2.75, 3.05) is 0 Å². The smallest absolute Gasteiger partial charge is 0.0548 e. The molecule has 2 aromatic heterocycles. The SMILES string of the molecule is c1ccc(-c2ccc3ccc4c(-c5ccc6sc7cc8c9ccccc9n(-c9ccccc9)c8cc7c6c5)ccc5ccc2c3c54)cc1. The molecule has 0 aliphatic rings. The minimum atomic E-state index is 1.19. The lowest BCUT2D eigenvalue weighted by Gasteiger charge is -2.16. The summed E-state index contributed by atoms with van der Waals surface area (Å²) in [5.74, 6) is 0. The maximum atomic E-state index is 2.43. The molecule has 11 rings (SSSR count). The molecular weight excluding hydrogens is 599 g/mol. The van der Waals surface area contributed by atoms with Gasteiger partial charge in [0.05, 0.1) is 11.0 Å². The minimum absolute atomic E-state index is 1.19. The van der Waals surface area contributed by atoms with Gasteiger partial charge in [-0.05, 0) is 97.0 Å². The molecule has 0 aliphatic heterocycles. The third kappa shape index (κ3) is 3.61. The Morgan fingerprint density at radius 2 is 0.979 bits per heavy atom. The van der Waals surface area contributed by atoms with Crippen molar-refractivity contribution < 1.29 is 0 Å². The van der Waals surface area contributed by atoms with Gasteiger partial charge in [-0.1, -0.05) is 121 Å². The first kappa shape index (κ1) is 26.1. The van der Waals surface area contributed by atoms with Crippen molar-refractivity contribution in [1.82, 2.24) is 4.57 Å². The van der Waals surface area contributed by atoms with E-state index in [0.717, 1.165) is 0 Å². The quantitative estimate of drug-likeness (QED) is 0.172. The summed E-state index contributed by atoms with van der Waals surface area (Å²) >= 11 is 1.89. The van der Waals surface area contributed by atoms with E-state index in [1.54, 1.807) is 0 Å². The number of thiophene rings is 1. The first-order chi connectivity index (χ1) is 23.8. The molecule has 48 heavy (non-hydrogen) atoms. The third-order valence-electron chi connectivity index (χ3n) is 10.3. The van der Waals surface area contributed by atoms with Crippen LogP contribution in [0.15, 0.2) is 164 Å². The molecule has 222 valence electrons. The average molecular weight is 626 g/mol. The number of fused-ring (bicyclic) bond motifs is 6. The standard InChI is InChI=1S/C46H27NS/c1-3-9-28(10-4-1)33-20-15-29-18-23-37-34(21-16-30-17-22-36(33)45(29)46(30)37)31-19-24-43-39(25-31)40-26-42-38(27-44(40)48-43)35-13-7-8-14-41(35)47(42)32-11-5-2-6-12-32/h1-27H. The number of hydrogen-bond donors (Lipinski definition) is 0. The molecule has 0 radical (unpaired) electrons. The lowest BCUT2D eigenvalue weighted by Crippen LogP contribution is -1.92. The van der Waals surface area contributed by atoms with E-state index in [9.17, 15) is 0 Å². The van der Waals surface area contributed by atoms with E-state index in [1.807, 2.05) is 11.3 Å². The summed E-state index contributed by atoms with van der Waals surface area (Å²) in [4.78, 5) is 0. The van der Waals surface area contributed by atoms with Gasteiger partial charge >= 0.3 is 0 Å². The number of rotatable bonds is 3. The highest BCUT2D eigenvalue weighted by Crippen LogP contribution is 2.45. The summed E-state index contributed by atoms with van der Waals surface area (Å²) in [6.07, 6.45) is 0. The molecule has 0 bridgehead atoms. The summed E-state index contributed by atoms with van der Waals surface area (Å²) in [6.45, 7) is 0. The van der Waals surface area contributed by atoms with Crippen LogP contribution in [0.5, 0.6) is 0 Å². The van der Waals surface area contributed by atoms with Gasteiger partial charge in [0.1, 0.15) is 0 Å². The molecule has 2 heterocycles. The van der Waals surface area contributed by atoms with Crippen LogP contribution in [0.4, 0.5) is 0 Å². The van der Waals surface area contributed by atoms with Crippen LogP contribution < -0.4 is 0 Å². The predicted octanol–water partition coefficient (Wildman–Crippen LogP) is 13.4. The van der Waals surface area contributed by atoms with E-state index in [4.69, 9.17) is 0 Å². The second kappa shape index (κ2) is 9.78. The highest BCUT2D eigenvalue weighted by molar-refractivity contribution is 7.25. The zero-order valence-electron chi connectivity index (χ0n) is 25.9. The van der Waals surface area contributed by atoms with E-state index >= 15 is 0 Å². The molecule has 0 amide bonds. The summed E-state index contributed by atoms with van der Waals surface area (Å²) in [6, 6.07) is 60.7. The Labute approximate surface area is 280 Å². The van der Waals surface area contributed by atoms with Crippen LogP contribution >= 0.6 is 11.3 Å². The highest BCUT2D eigenvalue weighted by atomic mass is 32.1. The number of nitrogens with zero attached hydrogens (tertiary/aromatic N) is 1. The monoisotopic (exact) mass is 625 g/mol. The number of benzene rings is 9. The molecule has 0 N–H and O–H groups in total. The van der Waals surface area contributed by atoms with Crippen molar-refractivity contribution in [1.29, 1.82) is 0 Å². The van der Waals surface area contributed by atoms with E-state index in [1.165, 1.54) is 102 Å². The molecule has 0 saturated heterocycles. The average Bonchev–Trinajstić information content (AvgIpc) is 3.67. The maximum absolute atomic E-state index is 2.43. The largest absolute Gasteiger partial charge is 0.309 e. The van der Waals surface area contributed by atoms with E-state index < -0.39 is 0 Å². The topological polar surface area (TPSA) is 4.93 Å². The molecule has 2 heteroatoms. The fourth-order valence-electron chi connectivity index (χ4n) is 8.18. The van der Waals surface area contributed by atoms with Crippen molar-refractivity contribution in [3.63, 3.8) is 0 Å². The van der Waals surface area contributed by atoms with Crippen LogP contribution in [0.25, 0.3) is 102 Å². The number of aromatic nitrogens is 1. The summed E-state index contributed by atoms with van der Waals surface area (Å²) < 4.78 is 5.07. The maximum Gasteiger partial charge on any atom is 0.0548 e. The van der Waals surface area contributed by atoms with Gasteiger partial charge in [0.25, 0.3) is 0 Å². The van der Waals surface area contributed by atoms with Gasteiger partial charge in [-0.3, -0.25) is 0 Å². The molecule has 0 saturated carbocycles. The van der Waals surface area contributed by atoms with Gasteiger partial charge in [-0.15, -0.1) is 11.3 Å². The lowest BCUT2D eigenvalue weighted by molar-refractivity contribution is 1.18. The fourth-order valence-corrected chi connectivity index (χ4v) is 9.29. The summed E-state index contributed by atoms with van der Waals surface area (Å²) in [7, 11) is 0. The first-order valence-corrected chi connectivity index (χ1v) is 17.3. The van der Waals surface area contributed by atoms with E-state index in [0.29, 0.717) is 0 Å². The van der Waals surface area contributed by atoms with Crippen LogP contribution in [0, 0.1) is 0 Å². The molecule has 0 spiro atoms. The van der Waals surface area contributed by atoms with Gasteiger partial charge < -0.3 is 4.57 Å². The Balaban J connectivity index is 1.16. The van der Waals surface area contributed by atoms with Gasteiger partial charge in [0, 0.05) is 36.6 Å². The van der Waals surface area contributed by atoms with Crippen molar-refractivity contribution >= 4 is 85.6 Å². The Hall–Kier alpha value is -5.96. The Bertz CT molecular complexity index is 3040. The minimum Gasteiger partial charge on any atom is -0.309 e.